The molecule has 8 heteroatoms. The fourth-order valence-corrected chi connectivity index (χ4v) is 3.02. The molecule has 0 spiro atoms. The van der Waals surface area contributed by atoms with Crippen LogP contribution in [0.3, 0.4) is 0 Å². The number of halogens is 2. The van der Waals surface area contributed by atoms with E-state index in [1.807, 2.05) is 6.92 Å². The summed E-state index contributed by atoms with van der Waals surface area (Å²) in [5.74, 6) is 0.168. The summed E-state index contributed by atoms with van der Waals surface area (Å²) in [7, 11) is 0. The fourth-order valence-electron chi connectivity index (χ4n) is 2.46. The van der Waals surface area contributed by atoms with Gasteiger partial charge in [-0.15, -0.1) is 5.01 Å². The number of hydrazone groups is 1. The zero-order valence-electron chi connectivity index (χ0n) is 13.1. The van der Waals surface area contributed by atoms with E-state index in [2.05, 4.69) is 10.4 Å². The number of amides is 3. The van der Waals surface area contributed by atoms with Crippen molar-refractivity contribution in [3.8, 4) is 5.75 Å². The number of carbonyl (C=O) groups excluding carboxylic acids is 2. The molecule has 0 unspecified atom stereocenters. The minimum atomic E-state index is -0.917. The van der Waals surface area contributed by atoms with Crippen molar-refractivity contribution in [1.29, 1.82) is 0 Å². The van der Waals surface area contributed by atoms with Crippen LogP contribution in [0.5, 0.6) is 5.75 Å². The molecule has 2 heterocycles. The molecule has 0 aromatic heterocycles. The molecule has 0 aliphatic carbocycles. The van der Waals surface area contributed by atoms with Gasteiger partial charge in [-0.25, -0.2) is 4.79 Å². The van der Waals surface area contributed by atoms with E-state index < -0.39 is 11.6 Å². The molecule has 0 saturated carbocycles. The monoisotopic (exact) mass is 367 g/mol. The van der Waals surface area contributed by atoms with Crippen molar-refractivity contribution in [1.82, 2.24) is 10.3 Å². The van der Waals surface area contributed by atoms with Crippen LogP contribution in [-0.4, -0.2) is 35.3 Å². The standard InChI is InChI=1S/C16H15Cl2N3O3/c1-3-16(2)14(22)21(15(23)20-16)19-7-9-4-10-5-11(17)6-12(18)13(10)24-8-9/h4-7H,3,8H2,1-2H3,(H,20,23)/b19-7-/t16-/m0/s1. The molecule has 24 heavy (non-hydrogen) atoms. The van der Waals surface area contributed by atoms with Crippen molar-refractivity contribution < 1.29 is 14.3 Å². The summed E-state index contributed by atoms with van der Waals surface area (Å²) in [5, 5.41) is 8.40. The number of imide groups is 1. The molecule has 1 saturated heterocycles. The van der Waals surface area contributed by atoms with Crippen molar-refractivity contribution in [2.75, 3.05) is 6.61 Å². The predicted octanol–water partition coefficient (Wildman–Crippen LogP) is 3.48. The molecule has 0 bridgehead atoms. The highest BCUT2D eigenvalue weighted by atomic mass is 35.5. The molecule has 1 aromatic carbocycles. The van der Waals surface area contributed by atoms with Gasteiger partial charge in [0.15, 0.2) is 0 Å². The van der Waals surface area contributed by atoms with E-state index in [0.717, 1.165) is 10.6 Å². The van der Waals surface area contributed by atoms with Gasteiger partial charge in [0.2, 0.25) is 0 Å². The lowest BCUT2D eigenvalue weighted by molar-refractivity contribution is -0.130. The highest BCUT2D eigenvalue weighted by Crippen LogP contribution is 2.36. The second-order valence-corrected chi connectivity index (χ2v) is 6.63. The first-order valence-corrected chi connectivity index (χ1v) is 8.13. The zero-order valence-corrected chi connectivity index (χ0v) is 14.6. The average molecular weight is 368 g/mol. The highest BCUT2D eigenvalue weighted by Gasteiger charge is 2.46. The molecule has 1 atom stereocenters. The quantitative estimate of drug-likeness (QED) is 0.656. The number of fused-ring (bicyclic) bond motifs is 1. The Morgan fingerprint density at radius 3 is 2.83 bits per heavy atom. The third kappa shape index (κ3) is 2.87. The topological polar surface area (TPSA) is 71.0 Å². The molecular formula is C16H15Cl2N3O3. The van der Waals surface area contributed by atoms with Crippen molar-refractivity contribution in [2.24, 2.45) is 5.10 Å². The molecule has 126 valence electrons. The largest absolute Gasteiger partial charge is 0.487 e. The van der Waals surface area contributed by atoms with Crippen LogP contribution in [0.15, 0.2) is 22.8 Å². The van der Waals surface area contributed by atoms with Crippen LogP contribution in [0.4, 0.5) is 4.79 Å². The Morgan fingerprint density at radius 2 is 2.17 bits per heavy atom. The van der Waals surface area contributed by atoms with Gasteiger partial charge in [0.25, 0.3) is 5.91 Å². The van der Waals surface area contributed by atoms with Gasteiger partial charge in [-0.1, -0.05) is 30.1 Å². The Hall–Kier alpha value is -2.05. The fraction of sp³-hybridized carbons (Fsp3) is 0.312. The number of ether oxygens (including phenoxy) is 1. The number of rotatable bonds is 3. The summed E-state index contributed by atoms with van der Waals surface area (Å²) in [6.45, 7) is 3.73. The van der Waals surface area contributed by atoms with Gasteiger partial charge in [0.1, 0.15) is 17.9 Å². The van der Waals surface area contributed by atoms with E-state index in [-0.39, 0.29) is 12.5 Å². The van der Waals surface area contributed by atoms with Crippen molar-refractivity contribution in [3.05, 3.63) is 33.3 Å². The normalized spacial score (nSPS) is 23.2. The summed E-state index contributed by atoms with van der Waals surface area (Å²) in [4.78, 5) is 24.2. The maximum Gasteiger partial charge on any atom is 0.346 e. The van der Waals surface area contributed by atoms with Crippen LogP contribution in [0.2, 0.25) is 10.0 Å². The van der Waals surface area contributed by atoms with Gasteiger partial charge < -0.3 is 10.1 Å². The van der Waals surface area contributed by atoms with Gasteiger partial charge in [-0.3, -0.25) is 4.79 Å². The second kappa shape index (κ2) is 6.11. The molecule has 2 aliphatic heterocycles. The van der Waals surface area contributed by atoms with Gasteiger partial charge in [-0.2, -0.15) is 5.10 Å². The lowest BCUT2D eigenvalue weighted by Crippen LogP contribution is -2.42. The Morgan fingerprint density at radius 1 is 1.42 bits per heavy atom. The number of benzene rings is 1. The van der Waals surface area contributed by atoms with Crippen molar-refractivity contribution >= 4 is 47.4 Å². The zero-order chi connectivity index (χ0) is 17.5. The van der Waals surface area contributed by atoms with E-state index in [0.29, 0.717) is 27.8 Å². The predicted molar refractivity (Wildman–Crippen MR) is 92.5 cm³/mol. The van der Waals surface area contributed by atoms with Crippen LogP contribution in [0, 0.1) is 0 Å². The van der Waals surface area contributed by atoms with Gasteiger partial charge in [-0.05, 0) is 31.6 Å². The molecule has 1 N–H and O–H groups in total. The van der Waals surface area contributed by atoms with Gasteiger partial charge in [0.05, 0.1) is 11.2 Å². The molecule has 2 aliphatic rings. The maximum absolute atomic E-state index is 12.3. The van der Waals surface area contributed by atoms with Gasteiger partial charge in [0, 0.05) is 16.2 Å². The first-order valence-electron chi connectivity index (χ1n) is 7.37. The SMILES string of the molecule is CC[C@]1(C)NC(=O)N(/N=C\C2=Cc3cc(Cl)cc(Cl)c3OC2)C1=O. The Kier molecular flexibility index (Phi) is 4.27. The van der Waals surface area contributed by atoms with Crippen LogP contribution in [0.25, 0.3) is 6.08 Å². The number of nitrogens with zero attached hydrogens (tertiary/aromatic N) is 2. The lowest BCUT2D eigenvalue weighted by atomic mass is 10.00. The second-order valence-electron chi connectivity index (χ2n) is 5.79. The number of carbonyl (C=O) groups is 2. The lowest BCUT2D eigenvalue weighted by Gasteiger charge is -2.18. The summed E-state index contributed by atoms with van der Waals surface area (Å²) in [6.07, 6.45) is 3.72. The molecule has 1 aromatic rings. The van der Waals surface area contributed by atoms with E-state index in [9.17, 15) is 9.59 Å². The smallest absolute Gasteiger partial charge is 0.346 e. The first-order chi connectivity index (χ1) is 11.3. The Bertz CT molecular complexity index is 791. The highest BCUT2D eigenvalue weighted by molar-refractivity contribution is 6.36. The molecule has 3 amide bonds. The summed E-state index contributed by atoms with van der Waals surface area (Å²) < 4.78 is 5.60. The number of urea groups is 1. The summed E-state index contributed by atoms with van der Waals surface area (Å²) in [5.41, 5.74) is 0.488. The Balaban J connectivity index is 1.84. The van der Waals surface area contributed by atoms with Gasteiger partial charge >= 0.3 is 6.03 Å². The minimum Gasteiger partial charge on any atom is -0.487 e. The molecule has 1 fully saturated rings. The van der Waals surface area contributed by atoms with Crippen molar-refractivity contribution in [3.63, 3.8) is 0 Å². The molecular weight excluding hydrogens is 353 g/mol. The average Bonchev–Trinajstić information content (AvgIpc) is 2.75. The van der Waals surface area contributed by atoms with E-state index >= 15 is 0 Å². The van der Waals surface area contributed by atoms with E-state index in [1.165, 1.54) is 6.21 Å². The number of nitrogens with one attached hydrogen (secondary N) is 1. The summed E-state index contributed by atoms with van der Waals surface area (Å²) in [6, 6.07) is 2.79. The van der Waals surface area contributed by atoms with E-state index in [1.54, 1.807) is 25.1 Å². The number of hydrogen-bond donors (Lipinski definition) is 1. The van der Waals surface area contributed by atoms with Crippen LogP contribution in [0.1, 0.15) is 25.8 Å². The van der Waals surface area contributed by atoms with E-state index in [4.69, 9.17) is 27.9 Å². The molecule has 3 rings (SSSR count). The maximum atomic E-state index is 12.3. The number of hydrogen-bond acceptors (Lipinski definition) is 4. The third-order valence-electron chi connectivity index (χ3n) is 4.05. The Labute approximate surface area is 149 Å². The summed E-state index contributed by atoms with van der Waals surface area (Å²) >= 11 is 12.1. The van der Waals surface area contributed by atoms with Crippen LogP contribution >= 0.6 is 23.2 Å². The van der Waals surface area contributed by atoms with Crippen LogP contribution in [-0.2, 0) is 4.79 Å². The molecule has 6 nitrogen and oxygen atoms in total. The molecule has 0 radical (unpaired) electrons. The van der Waals surface area contributed by atoms with Crippen molar-refractivity contribution in [2.45, 2.75) is 25.8 Å². The third-order valence-corrected chi connectivity index (χ3v) is 4.55. The van der Waals surface area contributed by atoms with Crippen LogP contribution < -0.4 is 10.1 Å². The first kappa shape index (κ1) is 16.8. The minimum absolute atomic E-state index is 0.229.